The SMILES string of the molecule is CC[N+](O)(O)c1nc(C)cc(N)n1. The number of rotatable bonds is 2. The Morgan fingerprint density at radius 1 is 1.46 bits per heavy atom. The van der Waals surface area contributed by atoms with Crippen LogP contribution in [0.3, 0.4) is 0 Å². The predicted molar refractivity (Wildman–Crippen MR) is 47.1 cm³/mol. The van der Waals surface area contributed by atoms with Crippen molar-refractivity contribution in [1.29, 1.82) is 0 Å². The Labute approximate surface area is 75.8 Å². The van der Waals surface area contributed by atoms with E-state index in [1.165, 1.54) is 0 Å². The van der Waals surface area contributed by atoms with Crippen molar-refractivity contribution in [2.24, 2.45) is 0 Å². The maximum absolute atomic E-state index is 9.36. The number of aryl methyl sites for hydroxylation is 1. The zero-order valence-corrected chi connectivity index (χ0v) is 7.60. The van der Waals surface area contributed by atoms with Gasteiger partial charge in [0.1, 0.15) is 12.4 Å². The van der Waals surface area contributed by atoms with Crippen molar-refractivity contribution < 1.29 is 10.4 Å². The number of nitrogens with two attached hydrogens (primary N) is 1. The molecule has 1 heterocycles. The number of aromatic nitrogens is 2. The highest BCUT2D eigenvalue weighted by atomic mass is 16.8. The average Bonchev–Trinajstić information content (AvgIpc) is 2.02. The topological polar surface area (TPSA) is 92.3 Å². The Kier molecular flexibility index (Phi) is 2.46. The van der Waals surface area contributed by atoms with E-state index < -0.39 is 4.81 Å². The summed E-state index contributed by atoms with van der Waals surface area (Å²) in [5.41, 5.74) is 6.03. The molecule has 0 bridgehead atoms. The molecule has 0 aliphatic carbocycles. The maximum atomic E-state index is 9.36. The maximum Gasteiger partial charge on any atom is 0.398 e. The molecule has 0 saturated carbocycles. The number of hydrogen-bond donors (Lipinski definition) is 3. The Morgan fingerprint density at radius 3 is 2.54 bits per heavy atom. The molecule has 1 aromatic rings. The summed E-state index contributed by atoms with van der Waals surface area (Å²) in [6.45, 7) is 3.36. The first kappa shape index (κ1) is 9.85. The molecule has 1 rings (SSSR count). The fourth-order valence-electron chi connectivity index (χ4n) is 0.878. The van der Waals surface area contributed by atoms with Crippen molar-refractivity contribution in [2.75, 3.05) is 12.3 Å². The largest absolute Gasteiger partial charge is 0.398 e. The average molecular weight is 185 g/mol. The molecule has 0 atom stereocenters. The predicted octanol–water partition coefficient (Wildman–Crippen LogP) is 0.473. The standard InChI is InChI=1S/C7H13N4O2/c1-3-11(12,13)7-9-5(2)4-6(8)10-7/h4,12-13H,3H2,1-2H3,(H2,8,9,10)/q+1. The number of hydrogen-bond acceptors (Lipinski definition) is 5. The van der Waals surface area contributed by atoms with Gasteiger partial charge in [-0.3, -0.25) is 0 Å². The first-order chi connectivity index (χ1) is 5.95. The summed E-state index contributed by atoms with van der Waals surface area (Å²) in [5, 5.41) is 18.7. The van der Waals surface area contributed by atoms with Crippen molar-refractivity contribution in [2.45, 2.75) is 13.8 Å². The lowest BCUT2D eigenvalue weighted by Crippen LogP contribution is -2.43. The van der Waals surface area contributed by atoms with E-state index in [-0.39, 0.29) is 18.3 Å². The van der Waals surface area contributed by atoms with E-state index in [1.807, 2.05) is 0 Å². The molecule has 0 spiro atoms. The van der Waals surface area contributed by atoms with E-state index in [0.717, 1.165) is 0 Å². The minimum absolute atomic E-state index is 0.0584. The van der Waals surface area contributed by atoms with Crippen molar-refractivity contribution >= 4 is 11.8 Å². The fraction of sp³-hybridized carbons (Fsp3) is 0.429. The molecule has 13 heavy (non-hydrogen) atoms. The van der Waals surface area contributed by atoms with Gasteiger partial charge < -0.3 is 5.73 Å². The van der Waals surface area contributed by atoms with Crippen LogP contribution in [-0.4, -0.2) is 26.9 Å². The zero-order valence-electron chi connectivity index (χ0n) is 7.60. The third-order valence-corrected chi connectivity index (χ3v) is 1.62. The molecule has 6 heteroatoms. The van der Waals surface area contributed by atoms with Crippen LogP contribution in [0.4, 0.5) is 11.8 Å². The van der Waals surface area contributed by atoms with E-state index in [4.69, 9.17) is 5.73 Å². The van der Waals surface area contributed by atoms with Gasteiger partial charge in [0.05, 0.1) is 0 Å². The fourth-order valence-corrected chi connectivity index (χ4v) is 0.878. The molecule has 0 radical (unpaired) electrons. The highest BCUT2D eigenvalue weighted by molar-refractivity contribution is 5.35. The van der Waals surface area contributed by atoms with E-state index in [9.17, 15) is 10.4 Å². The third kappa shape index (κ3) is 2.11. The molecular weight excluding hydrogens is 172 g/mol. The van der Waals surface area contributed by atoms with Gasteiger partial charge in [0.25, 0.3) is 0 Å². The number of quaternary nitrogens is 1. The monoisotopic (exact) mass is 185 g/mol. The lowest BCUT2D eigenvalue weighted by Gasteiger charge is -2.16. The van der Waals surface area contributed by atoms with Crippen LogP contribution < -0.4 is 10.5 Å². The van der Waals surface area contributed by atoms with E-state index in [1.54, 1.807) is 19.9 Å². The van der Waals surface area contributed by atoms with Crippen molar-refractivity contribution in [1.82, 2.24) is 14.8 Å². The minimum atomic E-state index is -1.34. The zero-order chi connectivity index (χ0) is 10.1. The number of nitrogens with zero attached hydrogens (tertiary/aromatic N) is 3. The van der Waals surface area contributed by atoms with Gasteiger partial charge in [-0.2, -0.15) is 20.4 Å². The molecule has 1 aromatic heterocycles. The number of anilines is 1. The van der Waals surface area contributed by atoms with Crippen LogP contribution in [0.1, 0.15) is 12.6 Å². The van der Waals surface area contributed by atoms with Gasteiger partial charge in [-0.05, 0) is 13.8 Å². The Morgan fingerprint density at radius 2 is 2.08 bits per heavy atom. The lowest BCUT2D eigenvalue weighted by atomic mass is 10.4. The molecule has 72 valence electrons. The van der Waals surface area contributed by atoms with Gasteiger partial charge in [-0.15, -0.1) is 0 Å². The Balaban J connectivity index is 3.15. The number of nitrogen functional groups attached to an aromatic ring is 1. The Hall–Kier alpha value is -1.24. The summed E-state index contributed by atoms with van der Waals surface area (Å²) in [6.07, 6.45) is 0. The normalized spacial score (nSPS) is 11.7. The van der Waals surface area contributed by atoms with Crippen LogP contribution in [0.5, 0.6) is 0 Å². The van der Waals surface area contributed by atoms with E-state index in [2.05, 4.69) is 9.97 Å². The van der Waals surface area contributed by atoms with E-state index in [0.29, 0.717) is 5.69 Å². The van der Waals surface area contributed by atoms with Crippen LogP contribution in [0.25, 0.3) is 0 Å². The summed E-state index contributed by atoms with van der Waals surface area (Å²) in [5.74, 6) is 0.113. The van der Waals surface area contributed by atoms with Crippen molar-refractivity contribution in [3.05, 3.63) is 11.8 Å². The highest BCUT2D eigenvalue weighted by Crippen LogP contribution is 2.14. The second kappa shape index (κ2) is 3.25. The molecule has 4 N–H and O–H groups in total. The van der Waals surface area contributed by atoms with Gasteiger partial charge in [-0.25, -0.2) is 0 Å². The quantitative estimate of drug-likeness (QED) is 0.460. The molecule has 0 aliphatic rings. The second-order valence-electron chi connectivity index (χ2n) is 2.78. The minimum Gasteiger partial charge on any atom is -0.383 e. The molecule has 6 nitrogen and oxygen atoms in total. The van der Waals surface area contributed by atoms with Crippen LogP contribution in [0, 0.1) is 6.92 Å². The Bertz CT molecular complexity index is 293. The van der Waals surface area contributed by atoms with Crippen LogP contribution in [0.2, 0.25) is 0 Å². The first-order valence-electron chi connectivity index (χ1n) is 3.91. The second-order valence-corrected chi connectivity index (χ2v) is 2.78. The van der Waals surface area contributed by atoms with Gasteiger partial charge in [0, 0.05) is 16.6 Å². The molecule has 0 fully saturated rings. The smallest absolute Gasteiger partial charge is 0.383 e. The van der Waals surface area contributed by atoms with Crippen LogP contribution >= 0.6 is 0 Å². The van der Waals surface area contributed by atoms with Crippen LogP contribution in [-0.2, 0) is 0 Å². The molecule has 0 aliphatic heterocycles. The van der Waals surface area contributed by atoms with Gasteiger partial charge in [0.15, 0.2) is 0 Å². The third-order valence-electron chi connectivity index (χ3n) is 1.62. The molecule has 0 saturated heterocycles. The summed E-state index contributed by atoms with van der Waals surface area (Å²) in [4.78, 5) is 6.23. The first-order valence-corrected chi connectivity index (χ1v) is 3.91. The summed E-state index contributed by atoms with van der Waals surface area (Å²) in [6, 6.07) is 1.55. The lowest BCUT2D eigenvalue weighted by molar-refractivity contribution is -0.292. The van der Waals surface area contributed by atoms with Gasteiger partial charge in [-0.1, -0.05) is 0 Å². The van der Waals surface area contributed by atoms with Crippen LogP contribution in [0.15, 0.2) is 6.07 Å². The summed E-state index contributed by atoms with van der Waals surface area (Å²) in [7, 11) is 0. The molecule has 0 aromatic carbocycles. The molecule has 0 unspecified atom stereocenters. The highest BCUT2D eigenvalue weighted by Gasteiger charge is 2.28. The van der Waals surface area contributed by atoms with Crippen molar-refractivity contribution in [3.63, 3.8) is 0 Å². The van der Waals surface area contributed by atoms with E-state index >= 15 is 0 Å². The molecular formula is C7H13N4O2+. The summed E-state index contributed by atoms with van der Waals surface area (Å²) < 4.78 is 0. The summed E-state index contributed by atoms with van der Waals surface area (Å²) >= 11 is 0. The molecule has 0 amide bonds. The van der Waals surface area contributed by atoms with Crippen molar-refractivity contribution in [3.8, 4) is 0 Å². The number of hydroxylamine groups is 2. The van der Waals surface area contributed by atoms with Gasteiger partial charge in [0.2, 0.25) is 0 Å². The van der Waals surface area contributed by atoms with Gasteiger partial charge >= 0.3 is 5.95 Å².